The van der Waals surface area contributed by atoms with Crippen molar-refractivity contribution in [3.8, 4) is 0 Å². The molecule has 3 heterocycles. The Kier molecular flexibility index (Phi) is 6.85. The third kappa shape index (κ3) is 5.07. The fourth-order valence-corrected chi connectivity index (χ4v) is 6.86. The van der Waals surface area contributed by atoms with Crippen LogP contribution in [-0.4, -0.2) is 86.1 Å². The lowest BCUT2D eigenvalue weighted by Gasteiger charge is -2.49. The first-order chi connectivity index (χ1) is 14.4. The van der Waals surface area contributed by atoms with Crippen molar-refractivity contribution in [1.29, 1.82) is 0 Å². The third-order valence-corrected chi connectivity index (χ3v) is 9.13. The minimum Gasteiger partial charge on any atom is -0.375 e. The summed E-state index contributed by atoms with van der Waals surface area (Å²) in [4.78, 5) is 5.21. The van der Waals surface area contributed by atoms with E-state index in [1.807, 2.05) is 30.3 Å². The molecule has 7 heteroatoms. The molecule has 0 amide bonds. The monoisotopic (exact) mass is 435 g/mol. The van der Waals surface area contributed by atoms with Gasteiger partial charge in [-0.3, -0.25) is 9.80 Å². The van der Waals surface area contributed by atoms with Gasteiger partial charge >= 0.3 is 0 Å². The van der Waals surface area contributed by atoms with Crippen molar-refractivity contribution in [2.75, 3.05) is 45.9 Å². The second-order valence-corrected chi connectivity index (χ2v) is 11.5. The zero-order valence-electron chi connectivity index (χ0n) is 18.5. The highest BCUT2D eigenvalue weighted by Gasteiger charge is 2.44. The van der Waals surface area contributed by atoms with Crippen LogP contribution in [-0.2, 0) is 20.5 Å². The summed E-state index contributed by atoms with van der Waals surface area (Å²) in [6, 6.07) is 10.7. The van der Waals surface area contributed by atoms with Crippen molar-refractivity contribution in [1.82, 2.24) is 14.1 Å². The Labute approximate surface area is 182 Å². The number of hydrogen-bond acceptors (Lipinski definition) is 5. The van der Waals surface area contributed by atoms with Crippen molar-refractivity contribution in [2.24, 2.45) is 0 Å². The summed E-state index contributed by atoms with van der Waals surface area (Å²) in [6.07, 6.45) is 3.76. The van der Waals surface area contributed by atoms with Crippen LogP contribution in [0.2, 0.25) is 0 Å². The molecule has 3 aliphatic heterocycles. The topological polar surface area (TPSA) is 53.1 Å². The first-order valence-electron chi connectivity index (χ1n) is 11.5. The van der Waals surface area contributed by atoms with Gasteiger partial charge in [0.15, 0.2) is 0 Å². The molecule has 1 aromatic carbocycles. The lowest BCUT2D eigenvalue weighted by molar-refractivity contribution is -0.130. The molecule has 0 aromatic heterocycles. The van der Waals surface area contributed by atoms with E-state index in [0.717, 1.165) is 64.0 Å². The Morgan fingerprint density at radius 2 is 1.70 bits per heavy atom. The van der Waals surface area contributed by atoms with Crippen molar-refractivity contribution in [3.63, 3.8) is 0 Å². The molecule has 30 heavy (non-hydrogen) atoms. The van der Waals surface area contributed by atoms with Crippen LogP contribution in [0.4, 0.5) is 0 Å². The first-order valence-corrected chi connectivity index (χ1v) is 13.1. The predicted molar refractivity (Wildman–Crippen MR) is 120 cm³/mol. The number of benzene rings is 1. The van der Waals surface area contributed by atoms with Crippen molar-refractivity contribution in [3.05, 3.63) is 35.9 Å². The largest absolute Gasteiger partial charge is 0.375 e. The van der Waals surface area contributed by atoms with Crippen LogP contribution in [0, 0.1) is 0 Å². The first kappa shape index (κ1) is 22.2. The van der Waals surface area contributed by atoms with E-state index in [1.165, 1.54) is 0 Å². The second-order valence-electron chi connectivity index (χ2n) is 9.48. The average Bonchev–Trinajstić information content (AvgIpc) is 2.74. The maximum atomic E-state index is 12.9. The predicted octanol–water partition coefficient (Wildman–Crippen LogP) is 2.56. The van der Waals surface area contributed by atoms with Crippen LogP contribution in [0.15, 0.2) is 30.3 Å². The normalized spacial score (nSPS) is 27.0. The number of sulfonamides is 1. The van der Waals surface area contributed by atoms with E-state index >= 15 is 0 Å². The average molecular weight is 436 g/mol. The van der Waals surface area contributed by atoms with Gasteiger partial charge in [0, 0.05) is 58.0 Å². The van der Waals surface area contributed by atoms with E-state index in [-0.39, 0.29) is 11.4 Å². The highest BCUT2D eigenvalue weighted by atomic mass is 32.2. The van der Waals surface area contributed by atoms with Crippen LogP contribution in [0.5, 0.6) is 0 Å². The molecule has 1 atom stereocenters. The number of piperidine rings is 1. The standard InChI is InChI=1S/C23H37N3O3S/c1-20(2)24-13-15-25(16-14-24)22-8-17-29-23(18-22)9-11-26(12-10-23)30(27,28)19-21-6-4-3-5-7-21/h3-7,20,22H,8-19H2,1-2H3/t22-/m1/s1. The highest BCUT2D eigenvalue weighted by molar-refractivity contribution is 7.88. The molecule has 0 N–H and O–H groups in total. The number of rotatable bonds is 5. The fraction of sp³-hybridized carbons (Fsp3) is 0.739. The third-order valence-electron chi connectivity index (χ3n) is 7.28. The molecule has 0 saturated carbocycles. The van der Waals surface area contributed by atoms with E-state index in [2.05, 4.69) is 23.6 Å². The van der Waals surface area contributed by atoms with Crippen molar-refractivity contribution < 1.29 is 13.2 Å². The molecule has 1 aromatic rings. The summed E-state index contributed by atoms with van der Waals surface area (Å²) in [6.45, 7) is 11.1. The van der Waals surface area contributed by atoms with E-state index in [4.69, 9.17) is 4.74 Å². The van der Waals surface area contributed by atoms with Crippen LogP contribution in [0.25, 0.3) is 0 Å². The molecule has 0 unspecified atom stereocenters. The second kappa shape index (κ2) is 9.25. The van der Waals surface area contributed by atoms with Gasteiger partial charge in [-0.2, -0.15) is 0 Å². The van der Waals surface area contributed by atoms with E-state index in [0.29, 0.717) is 25.2 Å². The molecule has 3 fully saturated rings. The number of ether oxygens (including phenoxy) is 1. The van der Waals surface area contributed by atoms with Crippen molar-refractivity contribution in [2.45, 2.75) is 63.0 Å². The minimum absolute atomic E-state index is 0.0877. The van der Waals surface area contributed by atoms with Crippen molar-refractivity contribution >= 4 is 10.0 Å². The number of hydrogen-bond donors (Lipinski definition) is 0. The number of nitrogens with zero attached hydrogens (tertiary/aromatic N) is 3. The maximum absolute atomic E-state index is 12.9. The quantitative estimate of drug-likeness (QED) is 0.712. The van der Waals surface area contributed by atoms with Crippen LogP contribution in [0.1, 0.15) is 45.1 Å². The molecule has 0 bridgehead atoms. The van der Waals surface area contributed by atoms with Gasteiger partial charge in [-0.05, 0) is 45.1 Å². The summed E-state index contributed by atoms with van der Waals surface area (Å²) in [5.41, 5.74) is 0.712. The molecular weight excluding hydrogens is 398 g/mol. The molecular formula is C23H37N3O3S. The zero-order chi connectivity index (χ0) is 21.2. The van der Waals surface area contributed by atoms with Gasteiger partial charge in [0.2, 0.25) is 10.0 Å². The molecule has 3 saturated heterocycles. The smallest absolute Gasteiger partial charge is 0.218 e. The zero-order valence-corrected chi connectivity index (χ0v) is 19.3. The molecule has 6 nitrogen and oxygen atoms in total. The molecule has 4 rings (SSSR count). The summed E-state index contributed by atoms with van der Waals surface area (Å²) < 4.78 is 33.8. The van der Waals surface area contributed by atoms with E-state index in [9.17, 15) is 8.42 Å². The lowest BCUT2D eigenvalue weighted by Crippen LogP contribution is -2.58. The summed E-state index contributed by atoms with van der Waals surface area (Å²) in [5, 5.41) is 0. The highest BCUT2D eigenvalue weighted by Crippen LogP contribution is 2.38. The molecule has 168 valence electrons. The maximum Gasteiger partial charge on any atom is 0.218 e. The summed E-state index contributed by atoms with van der Waals surface area (Å²) >= 11 is 0. The molecule has 0 radical (unpaired) electrons. The molecule has 3 aliphatic rings. The summed E-state index contributed by atoms with van der Waals surface area (Å²) in [5.74, 6) is 0.0877. The minimum atomic E-state index is -3.28. The Morgan fingerprint density at radius 3 is 2.33 bits per heavy atom. The van der Waals surface area contributed by atoms with Gasteiger partial charge in [0.25, 0.3) is 0 Å². The Bertz CT molecular complexity index is 783. The van der Waals surface area contributed by atoms with E-state index < -0.39 is 10.0 Å². The number of piperazine rings is 1. The van der Waals surface area contributed by atoms with Gasteiger partial charge in [0.1, 0.15) is 0 Å². The van der Waals surface area contributed by atoms with Gasteiger partial charge in [0.05, 0.1) is 11.4 Å². The van der Waals surface area contributed by atoms with Crippen LogP contribution >= 0.6 is 0 Å². The Morgan fingerprint density at radius 1 is 1.03 bits per heavy atom. The Hall–Kier alpha value is -0.990. The van der Waals surface area contributed by atoms with Crippen LogP contribution < -0.4 is 0 Å². The van der Waals surface area contributed by atoms with Gasteiger partial charge < -0.3 is 4.74 Å². The Balaban J connectivity index is 1.32. The molecule has 0 aliphatic carbocycles. The fourth-order valence-electron chi connectivity index (χ4n) is 5.33. The van der Waals surface area contributed by atoms with Crippen LogP contribution in [0.3, 0.4) is 0 Å². The van der Waals surface area contributed by atoms with Gasteiger partial charge in [-0.15, -0.1) is 0 Å². The van der Waals surface area contributed by atoms with E-state index in [1.54, 1.807) is 4.31 Å². The summed E-state index contributed by atoms with van der Waals surface area (Å²) in [7, 11) is -3.28. The lowest BCUT2D eigenvalue weighted by atomic mass is 9.82. The van der Waals surface area contributed by atoms with Gasteiger partial charge in [-0.1, -0.05) is 30.3 Å². The SMILES string of the molecule is CC(C)N1CCN([C@@H]2CCOC3(CCN(S(=O)(=O)Cc4ccccc4)CC3)C2)CC1. The van der Waals surface area contributed by atoms with Gasteiger partial charge in [-0.25, -0.2) is 12.7 Å². The molecule has 1 spiro atoms.